The molecule has 0 bridgehead atoms. The predicted molar refractivity (Wildman–Crippen MR) is 163 cm³/mol. The summed E-state index contributed by atoms with van der Waals surface area (Å²) in [7, 11) is -2.21. The Morgan fingerprint density at radius 2 is 1.09 bits per heavy atom. The minimum Gasteiger partial charge on any atom is -0.736 e. The molecule has 44 heavy (non-hydrogen) atoms. The van der Waals surface area contributed by atoms with Crippen molar-refractivity contribution in [1.29, 1.82) is 0 Å². The number of Topliss-reactive ketones (excluding diaryl/α,β-unsaturated/α-hetero) is 2. The second-order valence-electron chi connectivity index (χ2n) is 9.46. The number of carbonyl (C=O) groups is 2. The number of ketones is 2. The maximum Gasteiger partial charge on any atom is 1.00 e. The van der Waals surface area contributed by atoms with Gasteiger partial charge in [-0.05, 0) is 72.5 Å². The van der Waals surface area contributed by atoms with Crippen molar-refractivity contribution in [2.75, 3.05) is 14.2 Å². The average Bonchev–Trinajstić information content (AvgIpc) is 2.98. The van der Waals surface area contributed by atoms with Gasteiger partial charge in [-0.15, -0.1) is 0 Å². The van der Waals surface area contributed by atoms with Gasteiger partial charge < -0.3 is 23.4 Å². The number of carbonyl (C=O) groups excluding carboxylic acids is 2. The molecule has 0 atom stereocenters. The second-order valence-corrected chi connectivity index (χ2v) is 11.6. The number of benzene rings is 4. The van der Waals surface area contributed by atoms with Crippen molar-refractivity contribution in [2.45, 2.75) is 25.7 Å². The number of hydrogen-bond donors (Lipinski definition) is 0. The first-order chi connectivity index (χ1) is 20.6. The van der Waals surface area contributed by atoms with E-state index in [0.29, 0.717) is 22.9 Å². The maximum absolute atomic E-state index is 12.8. The molecule has 12 heteroatoms. The van der Waals surface area contributed by atoms with Crippen molar-refractivity contribution in [3.05, 3.63) is 117 Å². The molecule has 0 saturated carbocycles. The summed E-state index contributed by atoms with van der Waals surface area (Å²) in [5.74, 6) is -0.312. The van der Waals surface area contributed by atoms with Crippen LogP contribution >= 0.6 is 31.0 Å². The zero-order chi connectivity index (χ0) is 31.0. The standard InChI is InChI=1S/C32H29Cl2O8P.Na/c1-39-31-19-25(11-13-27(31)29(35)15-9-21-5-3-7-23(33)17-21)41-43(37,38)42-26-12-14-28(32(20-26)40-2)30(36)16-10-22-6-4-8-24(34)18-22;/h3-8,11-14,17-20H,9-10,15-16H2,1-2H3,(H,37,38);/q;+1/p-1. The molecule has 0 N–H and O–H groups in total. The van der Waals surface area contributed by atoms with E-state index >= 15 is 0 Å². The molecule has 4 rings (SSSR count). The smallest absolute Gasteiger partial charge is 0.736 e. The van der Waals surface area contributed by atoms with Crippen LogP contribution in [0.3, 0.4) is 0 Å². The Balaban J connectivity index is 0.00000529. The molecule has 0 aliphatic rings. The summed E-state index contributed by atoms with van der Waals surface area (Å²) in [5, 5.41) is 1.17. The molecule has 224 valence electrons. The van der Waals surface area contributed by atoms with Gasteiger partial charge in [-0.25, -0.2) is 4.57 Å². The molecule has 0 aliphatic heterocycles. The van der Waals surface area contributed by atoms with Gasteiger partial charge in [0.05, 0.1) is 25.3 Å². The quantitative estimate of drug-likeness (QED) is 0.110. The average molecular weight is 665 g/mol. The van der Waals surface area contributed by atoms with Crippen LogP contribution in [0, 0.1) is 0 Å². The molecule has 0 amide bonds. The largest absolute Gasteiger partial charge is 1.00 e. The Bertz CT molecular complexity index is 1560. The number of methoxy groups -OCH3 is 2. The van der Waals surface area contributed by atoms with Gasteiger partial charge in [0, 0.05) is 35.0 Å². The second kappa shape index (κ2) is 16.5. The van der Waals surface area contributed by atoms with Gasteiger partial charge in [-0.3, -0.25) is 9.59 Å². The van der Waals surface area contributed by atoms with E-state index in [9.17, 15) is 19.0 Å². The van der Waals surface area contributed by atoms with Crippen LogP contribution in [0.1, 0.15) is 44.7 Å². The fourth-order valence-electron chi connectivity index (χ4n) is 4.36. The van der Waals surface area contributed by atoms with Crippen molar-refractivity contribution in [2.24, 2.45) is 0 Å². The maximum atomic E-state index is 12.8. The number of rotatable bonds is 14. The Kier molecular flexibility index (Phi) is 13.4. The predicted octanol–water partition coefficient (Wildman–Crippen LogP) is 4.57. The van der Waals surface area contributed by atoms with Crippen LogP contribution in [0.2, 0.25) is 10.0 Å². The van der Waals surface area contributed by atoms with Gasteiger partial charge in [0.2, 0.25) is 0 Å². The molecular formula is C32H28Cl2NaO8P. The van der Waals surface area contributed by atoms with Crippen molar-refractivity contribution in [3.8, 4) is 23.0 Å². The van der Waals surface area contributed by atoms with Gasteiger partial charge in [0.15, 0.2) is 11.6 Å². The van der Waals surface area contributed by atoms with Crippen LogP contribution in [-0.4, -0.2) is 25.8 Å². The molecule has 0 unspecified atom stereocenters. The van der Waals surface area contributed by atoms with Crippen LogP contribution < -0.4 is 53.0 Å². The Hall–Kier alpha value is -2.81. The minimum absolute atomic E-state index is 0. The van der Waals surface area contributed by atoms with Gasteiger partial charge in [-0.2, -0.15) is 0 Å². The third-order valence-electron chi connectivity index (χ3n) is 6.44. The molecule has 4 aromatic carbocycles. The van der Waals surface area contributed by atoms with E-state index in [0.717, 1.165) is 11.1 Å². The van der Waals surface area contributed by atoms with E-state index in [1.54, 1.807) is 24.3 Å². The Morgan fingerprint density at radius 1 is 0.682 bits per heavy atom. The number of halogens is 2. The van der Waals surface area contributed by atoms with E-state index in [-0.39, 0.29) is 88.1 Å². The number of phosphoric ester groups is 1. The summed E-state index contributed by atoms with van der Waals surface area (Å²) in [4.78, 5) is 38.4. The zero-order valence-electron chi connectivity index (χ0n) is 24.4. The van der Waals surface area contributed by atoms with Crippen LogP contribution in [0.4, 0.5) is 0 Å². The Morgan fingerprint density at radius 3 is 1.45 bits per heavy atom. The van der Waals surface area contributed by atoms with Gasteiger partial charge in [-0.1, -0.05) is 47.5 Å². The molecule has 4 aromatic rings. The molecule has 0 radical (unpaired) electrons. The third-order valence-corrected chi connectivity index (χ3v) is 7.78. The zero-order valence-corrected chi connectivity index (χ0v) is 28.8. The number of ether oxygens (including phenoxy) is 2. The molecule has 0 saturated heterocycles. The topological polar surface area (TPSA) is 111 Å². The molecule has 0 spiro atoms. The SMILES string of the molecule is COc1cc(OP(=O)([O-])Oc2ccc(C(=O)CCc3cccc(Cl)c3)c(OC)c2)ccc1C(=O)CCc1cccc(Cl)c1.[Na+]. The molecule has 0 heterocycles. The third kappa shape index (κ3) is 10.1. The van der Waals surface area contributed by atoms with Gasteiger partial charge in [0.25, 0.3) is 0 Å². The summed E-state index contributed by atoms with van der Waals surface area (Å²) in [6, 6.07) is 22.6. The summed E-state index contributed by atoms with van der Waals surface area (Å²) in [5.41, 5.74) is 2.38. The van der Waals surface area contributed by atoms with Crippen molar-refractivity contribution < 1.29 is 67.1 Å². The van der Waals surface area contributed by atoms with Gasteiger partial charge >= 0.3 is 37.4 Å². The monoisotopic (exact) mass is 664 g/mol. The van der Waals surface area contributed by atoms with E-state index in [2.05, 4.69) is 0 Å². The summed E-state index contributed by atoms with van der Waals surface area (Å²) in [6.07, 6.45) is 1.34. The van der Waals surface area contributed by atoms with Crippen molar-refractivity contribution >= 4 is 42.6 Å². The van der Waals surface area contributed by atoms with Crippen molar-refractivity contribution in [1.82, 2.24) is 0 Å². The van der Waals surface area contributed by atoms with E-state index in [1.807, 2.05) is 24.3 Å². The molecule has 0 aliphatic carbocycles. The van der Waals surface area contributed by atoms with Crippen LogP contribution in [-0.2, 0) is 17.4 Å². The van der Waals surface area contributed by atoms with Gasteiger partial charge in [0.1, 0.15) is 23.0 Å². The molecule has 8 nitrogen and oxygen atoms in total. The van der Waals surface area contributed by atoms with E-state index < -0.39 is 7.82 Å². The first-order valence-electron chi connectivity index (χ1n) is 13.2. The summed E-state index contributed by atoms with van der Waals surface area (Å²) < 4.78 is 33.6. The number of phosphoric acid groups is 1. The molecular weight excluding hydrogens is 637 g/mol. The summed E-state index contributed by atoms with van der Waals surface area (Å²) in [6.45, 7) is 0. The number of aryl methyl sites for hydroxylation is 2. The van der Waals surface area contributed by atoms with Crippen LogP contribution in [0.15, 0.2) is 84.9 Å². The van der Waals surface area contributed by atoms with Crippen LogP contribution in [0.25, 0.3) is 0 Å². The minimum atomic E-state index is -4.95. The molecule has 0 fully saturated rings. The summed E-state index contributed by atoms with van der Waals surface area (Å²) >= 11 is 12.0. The van der Waals surface area contributed by atoms with Crippen molar-refractivity contribution in [3.63, 3.8) is 0 Å². The van der Waals surface area contributed by atoms with E-state index in [4.69, 9.17) is 41.7 Å². The van der Waals surface area contributed by atoms with Crippen LogP contribution in [0.5, 0.6) is 23.0 Å². The molecule has 0 aromatic heterocycles. The normalized spacial score (nSPS) is 10.8. The first-order valence-corrected chi connectivity index (χ1v) is 15.4. The fourth-order valence-corrected chi connectivity index (χ4v) is 5.57. The first kappa shape index (κ1) is 35.7. The Labute approximate surface area is 288 Å². The van der Waals surface area contributed by atoms with E-state index in [1.165, 1.54) is 50.6 Å². The number of hydrogen-bond acceptors (Lipinski definition) is 8. The fraction of sp³-hybridized carbons (Fsp3) is 0.188.